The molecule has 2 rings (SSSR count). The van der Waals surface area contributed by atoms with Gasteiger partial charge in [-0.25, -0.2) is 0 Å². The van der Waals surface area contributed by atoms with Crippen molar-refractivity contribution >= 4 is 46.4 Å². The van der Waals surface area contributed by atoms with Crippen LogP contribution in [0.1, 0.15) is 17.5 Å². The largest absolute Gasteiger partial charge is 0.492 e. The van der Waals surface area contributed by atoms with Crippen LogP contribution < -0.4 is 9.47 Å². The van der Waals surface area contributed by atoms with Crippen LogP contribution in [0.15, 0.2) is 49.6 Å². The molecule has 0 fully saturated rings. The summed E-state index contributed by atoms with van der Waals surface area (Å²) in [6.45, 7) is 8.37. The minimum Gasteiger partial charge on any atom is -0.492 e. The van der Waals surface area contributed by atoms with Crippen LogP contribution in [0.3, 0.4) is 0 Å². The molecule has 0 aromatic heterocycles. The normalized spacial score (nSPS) is 10.5. The van der Waals surface area contributed by atoms with Crippen molar-refractivity contribution in [2.45, 2.75) is 19.3 Å². The Labute approximate surface area is 180 Å². The van der Waals surface area contributed by atoms with Crippen molar-refractivity contribution in [2.75, 3.05) is 13.2 Å². The minimum atomic E-state index is 0.438. The number of hydrogen-bond donors (Lipinski definition) is 0. The molecule has 0 aliphatic heterocycles. The molecular formula is C21H20Cl4O2. The first-order chi connectivity index (χ1) is 13.0. The highest BCUT2D eigenvalue weighted by Gasteiger charge is 2.12. The van der Waals surface area contributed by atoms with Gasteiger partial charge in [-0.2, -0.15) is 0 Å². The van der Waals surface area contributed by atoms with Crippen LogP contribution in [0.4, 0.5) is 0 Å². The predicted octanol–water partition coefficient (Wildman–Crippen LogP) is 7.61. The summed E-state index contributed by atoms with van der Waals surface area (Å²) < 4.78 is 11.7. The molecule has 0 unspecified atom stereocenters. The molecule has 6 heteroatoms. The summed E-state index contributed by atoms with van der Waals surface area (Å²) >= 11 is 24.6. The number of rotatable bonds is 10. The summed E-state index contributed by atoms with van der Waals surface area (Å²) in [6, 6.07) is 6.99. The molecule has 0 aliphatic carbocycles. The van der Waals surface area contributed by atoms with Gasteiger partial charge in [0.1, 0.15) is 11.5 Å². The Morgan fingerprint density at radius 1 is 0.704 bits per heavy atom. The minimum absolute atomic E-state index is 0.438. The molecule has 144 valence electrons. The first kappa shape index (κ1) is 22.0. The zero-order valence-electron chi connectivity index (χ0n) is 14.7. The predicted molar refractivity (Wildman–Crippen MR) is 116 cm³/mol. The monoisotopic (exact) mass is 444 g/mol. The van der Waals surface area contributed by atoms with E-state index in [1.54, 1.807) is 24.3 Å². The summed E-state index contributed by atoms with van der Waals surface area (Å²) in [6.07, 6.45) is 5.46. The fourth-order valence-corrected chi connectivity index (χ4v) is 3.75. The Morgan fingerprint density at radius 2 is 1.11 bits per heavy atom. The fourth-order valence-electron chi connectivity index (χ4n) is 2.57. The Balaban J connectivity index is 1.95. The summed E-state index contributed by atoms with van der Waals surface area (Å²) in [4.78, 5) is 0. The van der Waals surface area contributed by atoms with E-state index in [1.165, 1.54) is 0 Å². The lowest BCUT2D eigenvalue weighted by molar-refractivity contribution is 0.245. The quantitative estimate of drug-likeness (QED) is 0.276. The second-order valence-electron chi connectivity index (χ2n) is 5.79. The number of benzene rings is 2. The maximum Gasteiger partial charge on any atom is 0.141 e. The van der Waals surface area contributed by atoms with E-state index in [4.69, 9.17) is 55.9 Å². The lowest BCUT2D eigenvalue weighted by atomic mass is 10.1. The van der Waals surface area contributed by atoms with Crippen LogP contribution in [0.25, 0.3) is 0 Å². The molecule has 0 bridgehead atoms. The average molecular weight is 446 g/mol. The number of allylic oxidation sites excluding steroid dienone is 2. The summed E-state index contributed by atoms with van der Waals surface area (Å²) in [7, 11) is 0. The van der Waals surface area contributed by atoms with Crippen molar-refractivity contribution in [3.05, 3.63) is 80.8 Å². The van der Waals surface area contributed by atoms with Crippen molar-refractivity contribution in [1.82, 2.24) is 0 Å². The third-order valence-corrected chi connectivity index (χ3v) is 4.68. The summed E-state index contributed by atoms with van der Waals surface area (Å²) in [5, 5.41) is 2.10. The number of hydrogen-bond acceptors (Lipinski definition) is 2. The van der Waals surface area contributed by atoms with Gasteiger partial charge in [0, 0.05) is 27.6 Å². The van der Waals surface area contributed by atoms with Crippen molar-refractivity contribution < 1.29 is 9.47 Å². The van der Waals surface area contributed by atoms with E-state index in [9.17, 15) is 0 Å². The van der Waals surface area contributed by atoms with Gasteiger partial charge >= 0.3 is 0 Å². The maximum atomic E-state index is 6.26. The van der Waals surface area contributed by atoms with Gasteiger partial charge < -0.3 is 9.47 Å². The third kappa shape index (κ3) is 6.36. The van der Waals surface area contributed by atoms with Gasteiger partial charge in [-0.1, -0.05) is 58.6 Å². The molecule has 0 heterocycles. The molecular weight excluding hydrogens is 426 g/mol. The Bertz CT molecular complexity index is 751. The first-order valence-corrected chi connectivity index (χ1v) is 9.90. The summed E-state index contributed by atoms with van der Waals surface area (Å²) in [5.41, 5.74) is 1.80. The van der Waals surface area contributed by atoms with Crippen LogP contribution >= 0.6 is 46.4 Å². The van der Waals surface area contributed by atoms with Gasteiger partial charge in [0.05, 0.1) is 23.3 Å². The SMILES string of the molecule is C=CCc1cc(Cl)cc(Cl)c1OCCCOc1c(Cl)cc(Cl)cc1CC=C. The van der Waals surface area contributed by atoms with Gasteiger partial charge in [0.2, 0.25) is 0 Å². The highest BCUT2D eigenvalue weighted by molar-refractivity contribution is 6.36. The lowest BCUT2D eigenvalue weighted by Gasteiger charge is -2.15. The standard InChI is InChI=1S/C21H20Cl4O2/c1-3-6-14-10-16(22)12-18(24)20(14)26-8-5-9-27-21-15(7-4-2)11-17(23)13-19(21)25/h3-4,10-13H,1-2,5-9H2. The Hall–Kier alpha value is -1.32. The topological polar surface area (TPSA) is 18.5 Å². The van der Waals surface area contributed by atoms with E-state index in [0.29, 0.717) is 64.1 Å². The molecule has 0 spiro atoms. The van der Waals surface area contributed by atoms with E-state index in [0.717, 1.165) is 11.1 Å². The van der Waals surface area contributed by atoms with E-state index in [1.807, 2.05) is 12.1 Å². The third-order valence-electron chi connectivity index (χ3n) is 3.68. The second kappa shape index (κ2) is 10.9. The average Bonchev–Trinajstić information content (AvgIpc) is 2.58. The maximum absolute atomic E-state index is 6.26. The molecule has 0 atom stereocenters. The van der Waals surface area contributed by atoms with Gasteiger partial charge in [0.15, 0.2) is 0 Å². The summed E-state index contributed by atoms with van der Waals surface area (Å²) in [5.74, 6) is 1.25. The molecule has 27 heavy (non-hydrogen) atoms. The van der Waals surface area contributed by atoms with E-state index >= 15 is 0 Å². The highest BCUT2D eigenvalue weighted by atomic mass is 35.5. The molecule has 0 N–H and O–H groups in total. The van der Waals surface area contributed by atoms with Crippen LogP contribution in [0.5, 0.6) is 11.5 Å². The fraction of sp³-hybridized carbons (Fsp3) is 0.238. The molecule has 0 radical (unpaired) electrons. The van der Waals surface area contributed by atoms with Gasteiger partial charge in [0.25, 0.3) is 0 Å². The van der Waals surface area contributed by atoms with E-state index in [2.05, 4.69) is 13.2 Å². The Morgan fingerprint density at radius 3 is 1.48 bits per heavy atom. The van der Waals surface area contributed by atoms with Crippen LogP contribution in [0, 0.1) is 0 Å². The van der Waals surface area contributed by atoms with Crippen molar-refractivity contribution in [1.29, 1.82) is 0 Å². The highest BCUT2D eigenvalue weighted by Crippen LogP contribution is 2.34. The first-order valence-electron chi connectivity index (χ1n) is 8.39. The van der Waals surface area contributed by atoms with Gasteiger partial charge in [-0.05, 0) is 37.1 Å². The Kier molecular flexibility index (Phi) is 8.85. The van der Waals surface area contributed by atoms with Gasteiger partial charge in [-0.3, -0.25) is 0 Å². The molecule has 2 aromatic carbocycles. The number of ether oxygens (including phenoxy) is 2. The molecule has 0 aliphatic rings. The lowest BCUT2D eigenvalue weighted by Crippen LogP contribution is -2.07. The zero-order valence-corrected chi connectivity index (χ0v) is 17.8. The van der Waals surface area contributed by atoms with E-state index < -0.39 is 0 Å². The van der Waals surface area contributed by atoms with Crippen LogP contribution in [-0.2, 0) is 12.8 Å². The second-order valence-corrected chi connectivity index (χ2v) is 7.48. The number of halogens is 4. The molecule has 0 saturated heterocycles. The van der Waals surface area contributed by atoms with Crippen molar-refractivity contribution in [3.8, 4) is 11.5 Å². The van der Waals surface area contributed by atoms with Gasteiger partial charge in [-0.15, -0.1) is 13.2 Å². The molecule has 0 saturated carbocycles. The smallest absolute Gasteiger partial charge is 0.141 e. The zero-order chi connectivity index (χ0) is 19.8. The van der Waals surface area contributed by atoms with Crippen LogP contribution in [0.2, 0.25) is 20.1 Å². The molecule has 2 aromatic rings. The van der Waals surface area contributed by atoms with E-state index in [-0.39, 0.29) is 0 Å². The molecule has 0 amide bonds. The van der Waals surface area contributed by atoms with Crippen molar-refractivity contribution in [2.24, 2.45) is 0 Å². The van der Waals surface area contributed by atoms with Crippen molar-refractivity contribution in [3.63, 3.8) is 0 Å². The molecule has 2 nitrogen and oxygen atoms in total. The van der Waals surface area contributed by atoms with Crippen LogP contribution in [-0.4, -0.2) is 13.2 Å².